The van der Waals surface area contributed by atoms with Crippen LogP contribution in [0.5, 0.6) is 11.5 Å². The summed E-state index contributed by atoms with van der Waals surface area (Å²) in [6.45, 7) is 1.24. The third-order valence-electron chi connectivity index (χ3n) is 2.51. The molecule has 6 heteroatoms. The Morgan fingerprint density at radius 3 is 2.56 bits per heavy atom. The number of hydrogen-bond acceptors (Lipinski definition) is 6. The Bertz CT molecular complexity index is 508. The standard InChI is InChI=1S/C12H12O6/c1-6(13)17-12-10-8(11(14)18-12)4-7(15-2)5-9(10)16-3/h4-5,12H,1-3H3. The Labute approximate surface area is 103 Å². The summed E-state index contributed by atoms with van der Waals surface area (Å²) in [7, 11) is 2.92. The highest BCUT2D eigenvalue weighted by Gasteiger charge is 2.37. The Morgan fingerprint density at radius 1 is 1.28 bits per heavy atom. The number of ether oxygens (including phenoxy) is 4. The first-order valence-corrected chi connectivity index (χ1v) is 5.21. The lowest BCUT2D eigenvalue weighted by Gasteiger charge is -2.13. The van der Waals surface area contributed by atoms with Crippen LogP contribution in [0.25, 0.3) is 0 Å². The maximum Gasteiger partial charge on any atom is 0.342 e. The van der Waals surface area contributed by atoms with Gasteiger partial charge in [0.2, 0.25) is 0 Å². The molecule has 0 aromatic heterocycles. The van der Waals surface area contributed by atoms with Crippen molar-refractivity contribution in [3.63, 3.8) is 0 Å². The fourth-order valence-corrected chi connectivity index (χ4v) is 1.75. The molecule has 0 bridgehead atoms. The molecule has 18 heavy (non-hydrogen) atoms. The van der Waals surface area contributed by atoms with Crippen LogP contribution in [0.15, 0.2) is 12.1 Å². The maximum absolute atomic E-state index is 11.7. The monoisotopic (exact) mass is 252 g/mol. The molecule has 0 amide bonds. The number of cyclic esters (lactones) is 1. The van der Waals surface area contributed by atoms with Gasteiger partial charge in [-0.05, 0) is 6.07 Å². The Hall–Kier alpha value is -2.24. The second kappa shape index (κ2) is 4.56. The number of carbonyl (C=O) groups is 2. The van der Waals surface area contributed by atoms with Crippen LogP contribution in [0.2, 0.25) is 0 Å². The molecular formula is C12H12O6. The van der Waals surface area contributed by atoms with Crippen LogP contribution in [0, 0.1) is 0 Å². The summed E-state index contributed by atoms with van der Waals surface area (Å²) in [4.78, 5) is 22.6. The van der Waals surface area contributed by atoms with Crippen molar-refractivity contribution < 1.29 is 28.5 Å². The summed E-state index contributed by atoms with van der Waals surface area (Å²) in [5, 5.41) is 0. The lowest BCUT2D eigenvalue weighted by Crippen LogP contribution is -2.08. The van der Waals surface area contributed by atoms with Crippen molar-refractivity contribution in [2.24, 2.45) is 0 Å². The molecule has 96 valence electrons. The zero-order chi connectivity index (χ0) is 13.3. The van der Waals surface area contributed by atoms with Crippen LogP contribution >= 0.6 is 0 Å². The molecule has 0 aliphatic carbocycles. The summed E-state index contributed by atoms with van der Waals surface area (Å²) >= 11 is 0. The molecule has 1 atom stereocenters. The molecule has 1 unspecified atom stereocenters. The number of benzene rings is 1. The van der Waals surface area contributed by atoms with Crippen molar-refractivity contribution in [2.75, 3.05) is 14.2 Å². The van der Waals surface area contributed by atoms with Crippen molar-refractivity contribution in [2.45, 2.75) is 13.2 Å². The van der Waals surface area contributed by atoms with Gasteiger partial charge < -0.3 is 18.9 Å². The molecule has 0 fully saturated rings. The molecule has 6 nitrogen and oxygen atoms in total. The van der Waals surface area contributed by atoms with E-state index in [2.05, 4.69) is 0 Å². The predicted molar refractivity (Wildman–Crippen MR) is 59.5 cm³/mol. The first-order valence-electron chi connectivity index (χ1n) is 5.21. The second-order valence-electron chi connectivity index (χ2n) is 3.64. The molecule has 1 heterocycles. The summed E-state index contributed by atoms with van der Waals surface area (Å²) in [5.41, 5.74) is 0.677. The Kier molecular flexibility index (Phi) is 3.10. The normalized spacial score (nSPS) is 16.8. The van der Waals surface area contributed by atoms with Gasteiger partial charge in [-0.15, -0.1) is 0 Å². The number of methoxy groups -OCH3 is 2. The average molecular weight is 252 g/mol. The Balaban J connectivity index is 2.51. The molecule has 1 aromatic carbocycles. The minimum absolute atomic E-state index is 0.275. The van der Waals surface area contributed by atoms with Gasteiger partial charge >= 0.3 is 11.9 Å². The summed E-state index contributed by atoms with van der Waals surface area (Å²) in [6.07, 6.45) is -1.06. The van der Waals surface area contributed by atoms with E-state index in [1.165, 1.54) is 27.2 Å². The SMILES string of the molecule is COc1cc(OC)c2c(c1)C(=O)OC2OC(C)=O. The molecule has 0 saturated heterocycles. The van der Waals surface area contributed by atoms with Crippen molar-refractivity contribution in [3.8, 4) is 11.5 Å². The number of hydrogen-bond donors (Lipinski definition) is 0. The predicted octanol–water partition coefficient (Wildman–Crippen LogP) is 1.44. The van der Waals surface area contributed by atoms with E-state index in [-0.39, 0.29) is 5.56 Å². The van der Waals surface area contributed by atoms with Crippen LogP contribution in [0.4, 0.5) is 0 Å². The van der Waals surface area contributed by atoms with Gasteiger partial charge in [0.25, 0.3) is 6.29 Å². The van der Waals surface area contributed by atoms with E-state index in [9.17, 15) is 9.59 Å². The number of esters is 2. The van der Waals surface area contributed by atoms with Crippen LogP contribution in [0.1, 0.15) is 29.1 Å². The molecular weight excluding hydrogens is 240 g/mol. The van der Waals surface area contributed by atoms with Gasteiger partial charge in [-0.3, -0.25) is 4.79 Å². The molecule has 1 aliphatic rings. The van der Waals surface area contributed by atoms with Gasteiger partial charge in [0.15, 0.2) is 0 Å². The van der Waals surface area contributed by atoms with E-state index in [0.717, 1.165) is 0 Å². The van der Waals surface area contributed by atoms with Crippen molar-refractivity contribution in [1.29, 1.82) is 0 Å². The average Bonchev–Trinajstić information content (AvgIpc) is 2.64. The van der Waals surface area contributed by atoms with Gasteiger partial charge in [0.05, 0.1) is 25.3 Å². The number of rotatable bonds is 3. The van der Waals surface area contributed by atoms with Crippen LogP contribution in [-0.4, -0.2) is 26.2 Å². The second-order valence-corrected chi connectivity index (χ2v) is 3.64. The van der Waals surface area contributed by atoms with Crippen molar-refractivity contribution in [1.82, 2.24) is 0 Å². The van der Waals surface area contributed by atoms with Crippen molar-refractivity contribution in [3.05, 3.63) is 23.3 Å². The molecule has 1 aliphatic heterocycles. The largest absolute Gasteiger partial charge is 0.497 e. The van der Waals surface area contributed by atoms with Gasteiger partial charge in [0, 0.05) is 13.0 Å². The molecule has 0 spiro atoms. The maximum atomic E-state index is 11.7. The van der Waals surface area contributed by atoms with Crippen LogP contribution in [0.3, 0.4) is 0 Å². The third kappa shape index (κ3) is 1.97. The zero-order valence-corrected chi connectivity index (χ0v) is 10.2. The molecule has 0 radical (unpaired) electrons. The van der Waals surface area contributed by atoms with E-state index in [1.807, 2.05) is 0 Å². The topological polar surface area (TPSA) is 71.1 Å². The highest BCUT2D eigenvalue weighted by atomic mass is 16.7. The fraction of sp³-hybridized carbons (Fsp3) is 0.333. The highest BCUT2D eigenvalue weighted by molar-refractivity contribution is 5.95. The quantitative estimate of drug-likeness (QED) is 0.758. The van der Waals surface area contributed by atoms with E-state index in [0.29, 0.717) is 17.1 Å². The van der Waals surface area contributed by atoms with Crippen LogP contribution in [-0.2, 0) is 14.3 Å². The van der Waals surface area contributed by atoms with Gasteiger partial charge in [-0.2, -0.15) is 0 Å². The lowest BCUT2D eigenvalue weighted by molar-refractivity contribution is -0.165. The summed E-state index contributed by atoms with van der Waals surface area (Å²) in [5.74, 6) is -0.278. The Morgan fingerprint density at radius 2 is 2.00 bits per heavy atom. The summed E-state index contributed by atoms with van der Waals surface area (Å²) < 4.78 is 20.1. The highest BCUT2D eigenvalue weighted by Crippen LogP contribution is 2.40. The van der Waals surface area contributed by atoms with E-state index in [1.54, 1.807) is 6.07 Å². The van der Waals surface area contributed by atoms with E-state index in [4.69, 9.17) is 18.9 Å². The first-order chi connectivity index (χ1) is 8.56. The third-order valence-corrected chi connectivity index (χ3v) is 2.51. The zero-order valence-electron chi connectivity index (χ0n) is 10.2. The van der Waals surface area contributed by atoms with Gasteiger partial charge in [-0.1, -0.05) is 0 Å². The summed E-state index contributed by atoms with van der Waals surface area (Å²) in [6, 6.07) is 3.11. The number of fused-ring (bicyclic) bond motifs is 1. The lowest BCUT2D eigenvalue weighted by atomic mass is 10.1. The fourth-order valence-electron chi connectivity index (χ4n) is 1.75. The van der Waals surface area contributed by atoms with Gasteiger partial charge in [-0.25, -0.2) is 4.79 Å². The molecule has 1 aromatic rings. The van der Waals surface area contributed by atoms with E-state index >= 15 is 0 Å². The smallest absolute Gasteiger partial charge is 0.342 e. The molecule has 0 N–H and O–H groups in total. The van der Waals surface area contributed by atoms with E-state index < -0.39 is 18.2 Å². The van der Waals surface area contributed by atoms with Crippen molar-refractivity contribution >= 4 is 11.9 Å². The molecule has 2 rings (SSSR count). The van der Waals surface area contributed by atoms with Crippen LogP contribution < -0.4 is 9.47 Å². The van der Waals surface area contributed by atoms with Gasteiger partial charge in [0.1, 0.15) is 11.5 Å². The minimum atomic E-state index is -1.06. The first kappa shape index (κ1) is 12.2. The molecule has 0 saturated carbocycles. The number of carbonyl (C=O) groups excluding carboxylic acids is 2. The minimum Gasteiger partial charge on any atom is -0.497 e.